The highest BCUT2D eigenvalue weighted by Gasteiger charge is 2.62. The van der Waals surface area contributed by atoms with Gasteiger partial charge in [-0.25, -0.2) is 4.68 Å². The minimum absolute atomic E-state index is 0.123. The van der Waals surface area contributed by atoms with Gasteiger partial charge in [0.1, 0.15) is 0 Å². The lowest BCUT2D eigenvalue weighted by Crippen LogP contribution is -2.40. The molecule has 0 aliphatic carbocycles. The number of rotatable bonds is 5. The first-order chi connectivity index (χ1) is 13.0. The van der Waals surface area contributed by atoms with Gasteiger partial charge in [0.2, 0.25) is 0 Å². The van der Waals surface area contributed by atoms with E-state index in [4.69, 9.17) is 4.74 Å². The predicted octanol–water partition coefficient (Wildman–Crippen LogP) is 2.72. The maximum atomic E-state index is 6.56. The zero-order valence-corrected chi connectivity index (χ0v) is 16.6. The Morgan fingerprint density at radius 1 is 1.33 bits per heavy atom. The van der Waals surface area contributed by atoms with E-state index in [2.05, 4.69) is 66.4 Å². The zero-order chi connectivity index (χ0) is 18.6. The average Bonchev–Trinajstić information content (AvgIpc) is 3.36. The minimum Gasteiger partial charge on any atom is -0.370 e. The van der Waals surface area contributed by atoms with Crippen LogP contribution < -0.4 is 0 Å². The van der Waals surface area contributed by atoms with Crippen LogP contribution in [-0.4, -0.2) is 65.0 Å². The van der Waals surface area contributed by atoms with Gasteiger partial charge in [0.25, 0.3) is 0 Å². The molecule has 0 N–H and O–H groups in total. The monoisotopic (exact) mass is 366 g/mol. The molecule has 1 aromatic heterocycles. The molecule has 0 radical (unpaired) electrons. The van der Waals surface area contributed by atoms with E-state index in [-0.39, 0.29) is 5.60 Å². The number of likely N-dealkylation sites (tertiary alicyclic amines) is 1. The van der Waals surface area contributed by atoms with Crippen molar-refractivity contribution in [2.75, 3.05) is 33.7 Å². The highest BCUT2D eigenvalue weighted by molar-refractivity contribution is 5.35. The van der Waals surface area contributed by atoms with Crippen LogP contribution in [0.3, 0.4) is 0 Å². The standard InChI is InChI=1S/C22H30N4O/c1-16-5-4-6-18(9-16)26-12-17(10-23-26)11-25-14-20-19(13-24(2)3)21-7-8-22(20,15-25)27-21/h4-6,9-10,12,19-21H,7-8,11,13-15H2,1-3H3/t19-,20+,21+,22+/m0/s1. The summed E-state index contributed by atoms with van der Waals surface area (Å²) in [6, 6.07) is 8.50. The summed E-state index contributed by atoms with van der Waals surface area (Å²) in [5, 5.41) is 4.59. The molecule has 2 aromatic rings. The van der Waals surface area contributed by atoms with Crippen LogP contribution in [-0.2, 0) is 11.3 Å². The fourth-order valence-electron chi connectivity index (χ4n) is 5.68. The summed E-state index contributed by atoms with van der Waals surface area (Å²) in [6.07, 6.45) is 7.17. The molecule has 144 valence electrons. The molecule has 4 atom stereocenters. The first-order valence-electron chi connectivity index (χ1n) is 10.2. The molecule has 2 bridgehead atoms. The van der Waals surface area contributed by atoms with Crippen molar-refractivity contribution in [3.05, 3.63) is 47.8 Å². The largest absolute Gasteiger partial charge is 0.370 e. The van der Waals surface area contributed by atoms with Gasteiger partial charge < -0.3 is 9.64 Å². The Kier molecular flexibility index (Phi) is 4.15. The molecular formula is C22H30N4O. The molecule has 3 aliphatic heterocycles. The van der Waals surface area contributed by atoms with Gasteiger partial charge in [0.05, 0.1) is 23.6 Å². The molecule has 3 saturated heterocycles. The van der Waals surface area contributed by atoms with Gasteiger partial charge >= 0.3 is 0 Å². The summed E-state index contributed by atoms with van der Waals surface area (Å²) < 4.78 is 8.56. The lowest BCUT2D eigenvalue weighted by Gasteiger charge is -2.31. The van der Waals surface area contributed by atoms with Crippen molar-refractivity contribution < 1.29 is 4.74 Å². The smallest absolute Gasteiger partial charge is 0.0858 e. The first-order valence-corrected chi connectivity index (χ1v) is 10.2. The Morgan fingerprint density at radius 3 is 3.04 bits per heavy atom. The fraction of sp³-hybridized carbons (Fsp3) is 0.591. The number of aryl methyl sites for hydroxylation is 1. The third kappa shape index (κ3) is 3.02. The molecule has 3 fully saturated rings. The van der Waals surface area contributed by atoms with Gasteiger partial charge in [0, 0.05) is 49.8 Å². The minimum atomic E-state index is 0.123. The molecule has 0 amide bonds. The Balaban J connectivity index is 1.29. The van der Waals surface area contributed by atoms with Crippen LogP contribution in [0.1, 0.15) is 24.0 Å². The van der Waals surface area contributed by atoms with Crippen LogP contribution in [0.15, 0.2) is 36.7 Å². The number of hydrogen-bond donors (Lipinski definition) is 0. The normalized spacial score (nSPS) is 32.5. The van der Waals surface area contributed by atoms with Crippen LogP contribution in [0, 0.1) is 18.8 Å². The molecule has 5 nitrogen and oxygen atoms in total. The maximum absolute atomic E-state index is 6.56. The summed E-state index contributed by atoms with van der Waals surface area (Å²) in [5.74, 6) is 1.37. The van der Waals surface area contributed by atoms with E-state index in [1.165, 1.54) is 24.0 Å². The number of aromatic nitrogens is 2. The Hall–Kier alpha value is -1.69. The van der Waals surface area contributed by atoms with Crippen LogP contribution in [0.4, 0.5) is 0 Å². The number of benzene rings is 1. The fourth-order valence-corrected chi connectivity index (χ4v) is 5.68. The van der Waals surface area contributed by atoms with Crippen LogP contribution in [0.2, 0.25) is 0 Å². The molecule has 0 saturated carbocycles. The van der Waals surface area contributed by atoms with Crippen molar-refractivity contribution in [1.29, 1.82) is 0 Å². The highest BCUT2D eigenvalue weighted by atomic mass is 16.5. The van der Waals surface area contributed by atoms with Gasteiger partial charge in [-0.3, -0.25) is 4.90 Å². The number of nitrogens with zero attached hydrogens (tertiary/aromatic N) is 4. The van der Waals surface area contributed by atoms with Crippen LogP contribution in [0.25, 0.3) is 5.69 Å². The molecule has 1 aromatic carbocycles. The van der Waals surface area contributed by atoms with E-state index in [1.54, 1.807) is 0 Å². The van der Waals surface area contributed by atoms with Crippen molar-refractivity contribution in [3.8, 4) is 5.69 Å². The zero-order valence-electron chi connectivity index (χ0n) is 16.6. The van der Waals surface area contributed by atoms with E-state index >= 15 is 0 Å². The quantitative estimate of drug-likeness (QED) is 0.815. The summed E-state index contributed by atoms with van der Waals surface area (Å²) in [7, 11) is 4.37. The highest BCUT2D eigenvalue weighted by Crippen LogP contribution is 2.55. The summed E-state index contributed by atoms with van der Waals surface area (Å²) in [6.45, 7) is 6.47. The number of fused-ring (bicyclic) bond motifs is 1. The van der Waals surface area contributed by atoms with Gasteiger partial charge in [-0.15, -0.1) is 0 Å². The van der Waals surface area contributed by atoms with Crippen molar-refractivity contribution in [2.24, 2.45) is 11.8 Å². The summed E-state index contributed by atoms with van der Waals surface area (Å²) in [4.78, 5) is 4.92. The lowest BCUT2D eigenvalue weighted by molar-refractivity contribution is 0.00145. The molecule has 5 heteroatoms. The van der Waals surface area contributed by atoms with E-state index in [9.17, 15) is 0 Å². The van der Waals surface area contributed by atoms with Gasteiger partial charge in [0.15, 0.2) is 0 Å². The van der Waals surface area contributed by atoms with Gasteiger partial charge in [-0.2, -0.15) is 5.10 Å². The predicted molar refractivity (Wildman–Crippen MR) is 106 cm³/mol. The Morgan fingerprint density at radius 2 is 2.22 bits per heavy atom. The van der Waals surface area contributed by atoms with E-state index in [0.717, 1.165) is 31.9 Å². The number of ether oxygens (including phenoxy) is 1. The van der Waals surface area contributed by atoms with Gasteiger partial charge in [-0.1, -0.05) is 12.1 Å². The second kappa shape index (κ2) is 6.43. The van der Waals surface area contributed by atoms with Gasteiger partial charge in [-0.05, 0) is 51.6 Å². The third-order valence-corrected chi connectivity index (χ3v) is 6.74. The van der Waals surface area contributed by atoms with E-state index in [1.807, 2.05) is 10.9 Å². The average molecular weight is 367 g/mol. The SMILES string of the molecule is Cc1cccc(-n2cc(CN3C[C@@H]4[C@H](CN(C)C)[C@H]5CC[C@]4(C3)O5)cn2)c1. The third-order valence-electron chi connectivity index (χ3n) is 6.74. The van der Waals surface area contributed by atoms with Crippen LogP contribution >= 0.6 is 0 Å². The van der Waals surface area contributed by atoms with Crippen molar-refractivity contribution in [1.82, 2.24) is 19.6 Å². The molecule has 27 heavy (non-hydrogen) atoms. The van der Waals surface area contributed by atoms with E-state index in [0.29, 0.717) is 17.9 Å². The molecular weight excluding hydrogens is 336 g/mol. The molecule has 5 rings (SSSR count). The summed E-state index contributed by atoms with van der Waals surface area (Å²) >= 11 is 0. The second-order valence-corrected chi connectivity index (χ2v) is 9.09. The maximum Gasteiger partial charge on any atom is 0.0858 e. The van der Waals surface area contributed by atoms with Crippen molar-refractivity contribution >= 4 is 0 Å². The molecule has 0 unspecified atom stereocenters. The van der Waals surface area contributed by atoms with Crippen LogP contribution in [0.5, 0.6) is 0 Å². The first kappa shape index (κ1) is 17.4. The van der Waals surface area contributed by atoms with Crippen molar-refractivity contribution in [3.63, 3.8) is 0 Å². The Bertz CT molecular complexity index is 831. The Labute approximate surface area is 161 Å². The van der Waals surface area contributed by atoms with E-state index < -0.39 is 0 Å². The lowest BCUT2D eigenvalue weighted by atomic mass is 9.73. The number of hydrogen-bond acceptors (Lipinski definition) is 4. The second-order valence-electron chi connectivity index (χ2n) is 9.09. The molecule has 4 heterocycles. The molecule has 1 spiro atoms. The molecule has 3 aliphatic rings. The summed E-state index contributed by atoms with van der Waals surface area (Å²) in [5.41, 5.74) is 3.80. The van der Waals surface area contributed by atoms with Crippen molar-refractivity contribution in [2.45, 2.75) is 38.0 Å². The topological polar surface area (TPSA) is 33.5 Å².